The summed E-state index contributed by atoms with van der Waals surface area (Å²) in [6.07, 6.45) is 3.67. The van der Waals surface area contributed by atoms with Crippen molar-refractivity contribution in [1.82, 2.24) is 4.90 Å². The number of nitrogens with one attached hydrogen (secondary N) is 1. The first-order valence-electron chi connectivity index (χ1n) is 9.00. The van der Waals surface area contributed by atoms with Crippen LogP contribution in [0.2, 0.25) is 0 Å². The molecule has 1 heterocycles. The summed E-state index contributed by atoms with van der Waals surface area (Å²) in [5, 5.41) is 2.85. The Hall–Kier alpha value is -3.34. The summed E-state index contributed by atoms with van der Waals surface area (Å²) in [5.41, 5.74) is 1.85. The highest BCUT2D eigenvalue weighted by Gasteiger charge is 2.33. The SMILES string of the molecule is O=C(Nc1ccc(C(=O)N(Cc2ccco2)C2CC2)cc1)c1ccccc1. The fourth-order valence-electron chi connectivity index (χ4n) is 2.98. The second-order valence-corrected chi connectivity index (χ2v) is 6.64. The Morgan fingerprint density at radius 2 is 1.67 bits per heavy atom. The Labute approximate surface area is 157 Å². The van der Waals surface area contributed by atoms with Gasteiger partial charge in [-0.1, -0.05) is 18.2 Å². The van der Waals surface area contributed by atoms with E-state index in [9.17, 15) is 9.59 Å². The zero-order valence-corrected chi connectivity index (χ0v) is 14.8. The van der Waals surface area contributed by atoms with E-state index in [1.807, 2.05) is 35.2 Å². The minimum Gasteiger partial charge on any atom is -0.467 e. The Bertz CT molecular complexity index is 914. The molecule has 0 saturated heterocycles. The monoisotopic (exact) mass is 360 g/mol. The minimum absolute atomic E-state index is 0.0187. The molecule has 0 spiro atoms. The van der Waals surface area contributed by atoms with E-state index in [2.05, 4.69) is 5.32 Å². The van der Waals surface area contributed by atoms with Crippen LogP contribution in [0.4, 0.5) is 5.69 Å². The van der Waals surface area contributed by atoms with Crippen molar-refractivity contribution in [3.63, 3.8) is 0 Å². The molecule has 0 radical (unpaired) electrons. The third-order valence-corrected chi connectivity index (χ3v) is 4.58. The van der Waals surface area contributed by atoms with Crippen LogP contribution in [0.5, 0.6) is 0 Å². The number of rotatable bonds is 6. The maximum absolute atomic E-state index is 12.9. The van der Waals surface area contributed by atoms with Gasteiger partial charge in [-0.2, -0.15) is 0 Å². The highest BCUT2D eigenvalue weighted by molar-refractivity contribution is 6.04. The van der Waals surface area contributed by atoms with Crippen LogP contribution < -0.4 is 5.32 Å². The quantitative estimate of drug-likeness (QED) is 0.711. The molecular weight excluding hydrogens is 340 g/mol. The lowest BCUT2D eigenvalue weighted by atomic mass is 10.1. The van der Waals surface area contributed by atoms with Gasteiger partial charge in [-0.15, -0.1) is 0 Å². The summed E-state index contributed by atoms with van der Waals surface area (Å²) >= 11 is 0. The Kier molecular flexibility index (Phi) is 4.75. The van der Waals surface area contributed by atoms with Crippen molar-refractivity contribution in [2.45, 2.75) is 25.4 Å². The number of anilines is 1. The topological polar surface area (TPSA) is 62.6 Å². The Morgan fingerprint density at radius 3 is 2.30 bits per heavy atom. The molecule has 1 aromatic heterocycles. The molecular formula is C22H20N2O3. The second-order valence-electron chi connectivity index (χ2n) is 6.64. The molecule has 1 fully saturated rings. The second kappa shape index (κ2) is 7.50. The standard InChI is InChI=1S/C22H20N2O3/c25-21(16-5-2-1-3-6-16)23-18-10-8-17(9-11-18)22(26)24(19-12-13-19)15-20-7-4-14-27-20/h1-11,14,19H,12-13,15H2,(H,23,25). The Morgan fingerprint density at radius 1 is 0.926 bits per heavy atom. The van der Waals surface area contributed by atoms with E-state index in [0.29, 0.717) is 23.4 Å². The van der Waals surface area contributed by atoms with Crippen LogP contribution in [0.25, 0.3) is 0 Å². The molecule has 136 valence electrons. The normalized spacial score (nSPS) is 13.2. The van der Waals surface area contributed by atoms with Gasteiger partial charge < -0.3 is 14.6 Å². The smallest absolute Gasteiger partial charge is 0.255 e. The van der Waals surface area contributed by atoms with Gasteiger partial charge in [0.1, 0.15) is 5.76 Å². The van der Waals surface area contributed by atoms with Crippen LogP contribution in [-0.4, -0.2) is 22.8 Å². The molecule has 1 N–H and O–H groups in total. The summed E-state index contributed by atoms with van der Waals surface area (Å²) in [4.78, 5) is 27.0. The van der Waals surface area contributed by atoms with E-state index in [1.54, 1.807) is 42.7 Å². The van der Waals surface area contributed by atoms with Crippen LogP contribution in [-0.2, 0) is 6.54 Å². The minimum atomic E-state index is -0.174. The van der Waals surface area contributed by atoms with E-state index in [0.717, 1.165) is 18.6 Å². The third-order valence-electron chi connectivity index (χ3n) is 4.58. The highest BCUT2D eigenvalue weighted by atomic mass is 16.3. The molecule has 2 amide bonds. The van der Waals surface area contributed by atoms with Gasteiger partial charge >= 0.3 is 0 Å². The number of amides is 2. The van der Waals surface area contributed by atoms with Crippen LogP contribution in [0.1, 0.15) is 39.3 Å². The molecule has 0 bridgehead atoms. The summed E-state index contributed by atoms with van der Waals surface area (Å²) in [6.45, 7) is 0.475. The molecule has 0 atom stereocenters. The summed E-state index contributed by atoms with van der Waals surface area (Å²) < 4.78 is 5.39. The van der Waals surface area contributed by atoms with Crippen LogP contribution >= 0.6 is 0 Å². The van der Waals surface area contributed by atoms with Crippen molar-refractivity contribution in [3.8, 4) is 0 Å². The molecule has 4 rings (SSSR count). The fraction of sp³-hybridized carbons (Fsp3) is 0.182. The van der Waals surface area contributed by atoms with Crippen molar-refractivity contribution in [2.75, 3.05) is 5.32 Å². The predicted molar refractivity (Wildman–Crippen MR) is 102 cm³/mol. The molecule has 27 heavy (non-hydrogen) atoms. The van der Waals surface area contributed by atoms with Crippen molar-refractivity contribution in [2.24, 2.45) is 0 Å². The first-order valence-corrected chi connectivity index (χ1v) is 9.00. The number of benzene rings is 2. The lowest BCUT2D eigenvalue weighted by Crippen LogP contribution is -2.32. The van der Waals surface area contributed by atoms with Gasteiger partial charge in [0, 0.05) is 22.9 Å². The Balaban J connectivity index is 1.44. The first-order chi connectivity index (χ1) is 13.2. The zero-order valence-electron chi connectivity index (χ0n) is 14.8. The molecule has 1 saturated carbocycles. The van der Waals surface area contributed by atoms with Gasteiger partial charge in [-0.3, -0.25) is 9.59 Å². The number of carbonyl (C=O) groups is 2. The lowest BCUT2D eigenvalue weighted by Gasteiger charge is -2.21. The number of hydrogen-bond acceptors (Lipinski definition) is 3. The van der Waals surface area contributed by atoms with Crippen molar-refractivity contribution < 1.29 is 14.0 Å². The molecule has 5 heteroatoms. The van der Waals surface area contributed by atoms with Gasteiger partial charge in [0.25, 0.3) is 11.8 Å². The average Bonchev–Trinajstić information content (AvgIpc) is 3.42. The van der Waals surface area contributed by atoms with Crippen molar-refractivity contribution in [3.05, 3.63) is 89.9 Å². The maximum atomic E-state index is 12.9. The molecule has 2 aromatic carbocycles. The number of hydrogen-bond donors (Lipinski definition) is 1. The molecule has 0 aliphatic heterocycles. The molecule has 1 aliphatic carbocycles. The first kappa shape index (κ1) is 17.1. The van der Waals surface area contributed by atoms with E-state index in [1.165, 1.54) is 0 Å². The van der Waals surface area contributed by atoms with Gasteiger partial charge in [0.15, 0.2) is 0 Å². The molecule has 0 unspecified atom stereocenters. The highest BCUT2D eigenvalue weighted by Crippen LogP contribution is 2.30. The van der Waals surface area contributed by atoms with Crippen LogP contribution in [0.3, 0.4) is 0 Å². The lowest BCUT2D eigenvalue weighted by molar-refractivity contribution is 0.0717. The van der Waals surface area contributed by atoms with Crippen molar-refractivity contribution >= 4 is 17.5 Å². The maximum Gasteiger partial charge on any atom is 0.255 e. The summed E-state index contributed by atoms with van der Waals surface area (Å²) in [6, 6.07) is 20.0. The van der Waals surface area contributed by atoms with Gasteiger partial charge in [-0.25, -0.2) is 0 Å². The van der Waals surface area contributed by atoms with Gasteiger partial charge in [-0.05, 0) is 61.4 Å². The van der Waals surface area contributed by atoms with E-state index >= 15 is 0 Å². The summed E-state index contributed by atoms with van der Waals surface area (Å²) in [7, 11) is 0. The van der Waals surface area contributed by atoms with Crippen LogP contribution in [0, 0.1) is 0 Å². The molecule has 3 aromatic rings. The number of furan rings is 1. The fourth-order valence-corrected chi connectivity index (χ4v) is 2.98. The molecule has 1 aliphatic rings. The number of carbonyl (C=O) groups excluding carboxylic acids is 2. The van der Waals surface area contributed by atoms with Crippen LogP contribution in [0.15, 0.2) is 77.4 Å². The predicted octanol–water partition coefficient (Wildman–Crippen LogP) is 4.34. The zero-order chi connectivity index (χ0) is 18.6. The third kappa shape index (κ3) is 4.08. The van der Waals surface area contributed by atoms with E-state index in [-0.39, 0.29) is 17.9 Å². The van der Waals surface area contributed by atoms with E-state index in [4.69, 9.17) is 4.42 Å². The molecule has 5 nitrogen and oxygen atoms in total. The van der Waals surface area contributed by atoms with E-state index < -0.39 is 0 Å². The van der Waals surface area contributed by atoms with Gasteiger partial charge in [0.05, 0.1) is 12.8 Å². The van der Waals surface area contributed by atoms with Crippen molar-refractivity contribution in [1.29, 1.82) is 0 Å². The average molecular weight is 360 g/mol. The summed E-state index contributed by atoms with van der Waals surface area (Å²) in [5.74, 6) is 0.587. The number of nitrogens with zero attached hydrogens (tertiary/aromatic N) is 1. The largest absolute Gasteiger partial charge is 0.467 e. The van der Waals surface area contributed by atoms with Gasteiger partial charge in [0.2, 0.25) is 0 Å².